The molecule has 2 rings (SSSR count). The molecule has 1 heteroatoms. The Labute approximate surface area is 86.5 Å². The van der Waals surface area contributed by atoms with E-state index in [4.69, 9.17) is 0 Å². The standard InChI is InChI=1S/C13H20O/c1-8-4-5-11-9(2)7-13(14)10(3)12(11)6-8/h8,11-14H,2-7H2,1H3/t8-,11+,12+,13-/m0/s1. The molecule has 0 radical (unpaired) electrons. The smallest absolute Gasteiger partial charge is 0.0787 e. The maximum Gasteiger partial charge on any atom is 0.0787 e. The molecule has 2 fully saturated rings. The zero-order valence-corrected chi connectivity index (χ0v) is 9.00. The summed E-state index contributed by atoms with van der Waals surface area (Å²) in [7, 11) is 0. The van der Waals surface area contributed by atoms with E-state index in [1.807, 2.05) is 0 Å². The van der Waals surface area contributed by atoms with E-state index in [0.717, 1.165) is 17.9 Å². The van der Waals surface area contributed by atoms with Crippen molar-refractivity contribution < 1.29 is 5.11 Å². The summed E-state index contributed by atoms with van der Waals surface area (Å²) in [6, 6.07) is 0. The molecule has 2 aliphatic carbocycles. The monoisotopic (exact) mass is 192 g/mol. The molecule has 4 atom stereocenters. The molecule has 0 amide bonds. The average molecular weight is 192 g/mol. The lowest BCUT2D eigenvalue weighted by molar-refractivity contribution is 0.131. The summed E-state index contributed by atoms with van der Waals surface area (Å²) < 4.78 is 0. The normalized spacial score (nSPS) is 43.6. The largest absolute Gasteiger partial charge is 0.388 e. The van der Waals surface area contributed by atoms with Crippen molar-refractivity contribution in [2.45, 2.75) is 38.7 Å². The van der Waals surface area contributed by atoms with Crippen LogP contribution >= 0.6 is 0 Å². The quantitative estimate of drug-likeness (QED) is 0.585. The second-order valence-electron chi connectivity index (χ2n) is 5.08. The summed E-state index contributed by atoms with van der Waals surface area (Å²) in [4.78, 5) is 0. The van der Waals surface area contributed by atoms with E-state index in [9.17, 15) is 5.11 Å². The summed E-state index contributed by atoms with van der Waals surface area (Å²) >= 11 is 0. The molecule has 14 heavy (non-hydrogen) atoms. The van der Waals surface area contributed by atoms with Gasteiger partial charge in [-0.15, -0.1) is 0 Å². The lowest BCUT2D eigenvalue weighted by Gasteiger charge is -2.43. The highest BCUT2D eigenvalue weighted by atomic mass is 16.3. The SMILES string of the molecule is C=C1C[C@H](O)C(=C)[C@H]2C[C@@H](C)CC[C@H]12. The van der Waals surface area contributed by atoms with Gasteiger partial charge in [0, 0.05) is 0 Å². The molecule has 0 aromatic carbocycles. The van der Waals surface area contributed by atoms with Gasteiger partial charge in [-0.25, -0.2) is 0 Å². The van der Waals surface area contributed by atoms with Crippen molar-refractivity contribution >= 4 is 0 Å². The minimum atomic E-state index is -0.325. The summed E-state index contributed by atoms with van der Waals surface area (Å²) in [6.07, 6.45) is 4.17. The number of hydrogen-bond acceptors (Lipinski definition) is 1. The molecular formula is C13H20O. The van der Waals surface area contributed by atoms with E-state index in [2.05, 4.69) is 20.1 Å². The van der Waals surface area contributed by atoms with Gasteiger partial charge in [-0.1, -0.05) is 32.1 Å². The topological polar surface area (TPSA) is 20.2 Å². The highest BCUT2D eigenvalue weighted by Gasteiger charge is 2.38. The summed E-state index contributed by atoms with van der Waals surface area (Å²) in [6.45, 7) is 10.5. The first-order chi connectivity index (χ1) is 6.59. The van der Waals surface area contributed by atoms with Gasteiger partial charge in [-0.2, -0.15) is 0 Å². The van der Waals surface area contributed by atoms with Crippen molar-refractivity contribution in [1.29, 1.82) is 0 Å². The lowest BCUT2D eigenvalue weighted by Crippen LogP contribution is -2.35. The van der Waals surface area contributed by atoms with Gasteiger partial charge in [0.1, 0.15) is 0 Å². The molecule has 2 saturated carbocycles. The minimum Gasteiger partial charge on any atom is -0.388 e. The Morgan fingerprint density at radius 3 is 2.64 bits per heavy atom. The van der Waals surface area contributed by atoms with Gasteiger partial charge in [0.15, 0.2) is 0 Å². The molecule has 0 heterocycles. The molecule has 0 saturated heterocycles. The van der Waals surface area contributed by atoms with Gasteiger partial charge in [0.05, 0.1) is 6.10 Å². The van der Waals surface area contributed by atoms with Crippen LogP contribution in [0.5, 0.6) is 0 Å². The first-order valence-electron chi connectivity index (χ1n) is 5.64. The van der Waals surface area contributed by atoms with Gasteiger partial charge >= 0.3 is 0 Å². The van der Waals surface area contributed by atoms with Crippen molar-refractivity contribution in [2.24, 2.45) is 17.8 Å². The van der Waals surface area contributed by atoms with E-state index in [-0.39, 0.29) is 6.10 Å². The number of aliphatic hydroxyl groups excluding tert-OH is 1. The number of hydrogen-bond donors (Lipinski definition) is 1. The van der Waals surface area contributed by atoms with Crippen LogP contribution in [0.1, 0.15) is 32.6 Å². The van der Waals surface area contributed by atoms with Crippen LogP contribution in [0.25, 0.3) is 0 Å². The Balaban J connectivity index is 2.19. The van der Waals surface area contributed by atoms with Crippen LogP contribution in [0.2, 0.25) is 0 Å². The number of fused-ring (bicyclic) bond motifs is 1. The molecule has 2 aliphatic rings. The molecule has 0 spiro atoms. The Morgan fingerprint density at radius 2 is 1.93 bits per heavy atom. The second kappa shape index (κ2) is 3.54. The van der Waals surface area contributed by atoms with Crippen molar-refractivity contribution in [1.82, 2.24) is 0 Å². The highest BCUT2D eigenvalue weighted by molar-refractivity contribution is 5.24. The van der Waals surface area contributed by atoms with E-state index >= 15 is 0 Å². The molecule has 0 aliphatic heterocycles. The first-order valence-corrected chi connectivity index (χ1v) is 5.64. The fourth-order valence-electron chi connectivity index (χ4n) is 3.06. The maximum atomic E-state index is 9.81. The second-order valence-corrected chi connectivity index (χ2v) is 5.08. The highest BCUT2D eigenvalue weighted by Crippen LogP contribution is 2.46. The predicted octanol–water partition coefficient (Wildman–Crippen LogP) is 2.92. The average Bonchev–Trinajstić information content (AvgIpc) is 2.14. The van der Waals surface area contributed by atoms with Crippen LogP contribution in [-0.4, -0.2) is 11.2 Å². The third kappa shape index (κ3) is 1.54. The fraction of sp³-hybridized carbons (Fsp3) is 0.692. The van der Waals surface area contributed by atoms with Crippen LogP contribution in [0.3, 0.4) is 0 Å². The van der Waals surface area contributed by atoms with Gasteiger partial charge in [-0.05, 0) is 42.6 Å². The van der Waals surface area contributed by atoms with E-state index in [1.165, 1.54) is 24.8 Å². The van der Waals surface area contributed by atoms with Crippen LogP contribution < -0.4 is 0 Å². The number of aliphatic hydroxyl groups is 1. The molecule has 1 nitrogen and oxygen atoms in total. The van der Waals surface area contributed by atoms with Gasteiger partial charge in [-0.3, -0.25) is 0 Å². The third-order valence-corrected chi connectivity index (χ3v) is 4.00. The van der Waals surface area contributed by atoms with Crippen LogP contribution in [0.4, 0.5) is 0 Å². The number of rotatable bonds is 0. The fourth-order valence-corrected chi connectivity index (χ4v) is 3.06. The van der Waals surface area contributed by atoms with Crippen LogP contribution in [0.15, 0.2) is 24.3 Å². The van der Waals surface area contributed by atoms with Crippen molar-refractivity contribution in [3.63, 3.8) is 0 Å². The van der Waals surface area contributed by atoms with Crippen molar-refractivity contribution in [2.75, 3.05) is 0 Å². The van der Waals surface area contributed by atoms with Crippen molar-refractivity contribution in [3.8, 4) is 0 Å². The van der Waals surface area contributed by atoms with E-state index in [0.29, 0.717) is 11.8 Å². The molecular weight excluding hydrogens is 172 g/mol. The molecule has 1 N–H and O–H groups in total. The lowest BCUT2D eigenvalue weighted by atomic mass is 9.63. The Bertz CT molecular complexity index is 266. The van der Waals surface area contributed by atoms with Crippen LogP contribution in [0, 0.1) is 17.8 Å². The van der Waals surface area contributed by atoms with Gasteiger partial charge < -0.3 is 5.11 Å². The Kier molecular flexibility index (Phi) is 2.52. The Morgan fingerprint density at radius 1 is 1.21 bits per heavy atom. The van der Waals surface area contributed by atoms with Crippen LogP contribution in [-0.2, 0) is 0 Å². The Hall–Kier alpha value is -0.560. The minimum absolute atomic E-state index is 0.325. The molecule has 78 valence electrons. The summed E-state index contributed by atoms with van der Waals surface area (Å²) in [5.74, 6) is 1.91. The zero-order valence-electron chi connectivity index (χ0n) is 9.00. The van der Waals surface area contributed by atoms with Crippen molar-refractivity contribution in [3.05, 3.63) is 24.3 Å². The van der Waals surface area contributed by atoms with Gasteiger partial charge in [0.2, 0.25) is 0 Å². The molecule has 0 aromatic rings. The molecule has 0 unspecified atom stereocenters. The third-order valence-electron chi connectivity index (χ3n) is 4.00. The first kappa shape index (κ1) is 9.97. The van der Waals surface area contributed by atoms with E-state index in [1.54, 1.807) is 0 Å². The van der Waals surface area contributed by atoms with E-state index < -0.39 is 0 Å². The molecule has 0 aromatic heterocycles. The van der Waals surface area contributed by atoms with Gasteiger partial charge in [0.25, 0.3) is 0 Å². The zero-order chi connectivity index (χ0) is 10.3. The summed E-state index contributed by atoms with van der Waals surface area (Å²) in [5.41, 5.74) is 2.32. The summed E-state index contributed by atoms with van der Waals surface area (Å²) in [5, 5.41) is 9.81. The maximum absolute atomic E-state index is 9.81. The predicted molar refractivity (Wildman–Crippen MR) is 58.9 cm³/mol. The molecule has 0 bridgehead atoms.